The first-order valence-electron chi connectivity index (χ1n) is 7.60. The van der Waals surface area contributed by atoms with Gasteiger partial charge in [0.1, 0.15) is 0 Å². The Bertz CT molecular complexity index is 444. The number of hydrogen-bond donors (Lipinski definition) is 1. The van der Waals surface area contributed by atoms with Gasteiger partial charge in [0.15, 0.2) is 0 Å². The number of nitrogens with zero attached hydrogens (tertiary/aromatic N) is 1. The lowest BCUT2D eigenvalue weighted by Crippen LogP contribution is -2.40. The Morgan fingerprint density at radius 2 is 2.00 bits per heavy atom. The molecule has 3 unspecified atom stereocenters. The largest absolute Gasteiger partial charge is 0.392 e. The Hall–Kier alpha value is -1.10. The summed E-state index contributed by atoms with van der Waals surface area (Å²) in [6.45, 7) is 2.02. The highest BCUT2D eigenvalue weighted by molar-refractivity contribution is 5.14. The minimum Gasteiger partial charge on any atom is -0.392 e. The summed E-state index contributed by atoms with van der Waals surface area (Å²) < 4.78 is 39.2. The number of halogens is 3. The number of aliphatic hydroxyl groups is 1. The average molecular weight is 301 g/mol. The van der Waals surface area contributed by atoms with Crippen LogP contribution >= 0.6 is 0 Å². The summed E-state index contributed by atoms with van der Waals surface area (Å²) in [6, 6.07) is 3.71. The topological polar surface area (TPSA) is 33.1 Å². The molecule has 0 aromatic carbocycles. The van der Waals surface area contributed by atoms with Crippen molar-refractivity contribution in [1.29, 1.82) is 0 Å². The molecule has 2 nitrogen and oxygen atoms in total. The van der Waals surface area contributed by atoms with Gasteiger partial charge in [0.2, 0.25) is 0 Å². The summed E-state index contributed by atoms with van der Waals surface area (Å²) in [6.07, 6.45) is -0.470. The summed E-state index contributed by atoms with van der Waals surface area (Å²) in [4.78, 5) is 4.23. The van der Waals surface area contributed by atoms with Crippen molar-refractivity contribution in [2.45, 2.75) is 57.7 Å². The van der Waals surface area contributed by atoms with E-state index < -0.39 is 24.1 Å². The van der Waals surface area contributed by atoms with Crippen molar-refractivity contribution in [3.05, 3.63) is 29.6 Å². The quantitative estimate of drug-likeness (QED) is 0.914. The molecule has 0 radical (unpaired) electrons. The van der Waals surface area contributed by atoms with E-state index in [1.54, 1.807) is 12.3 Å². The molecule has 2 rings (SSSR count). The van der Waals surface area contributed by atoms with Crippen LogP contribution in [0.1, 0.15) is 43.9 Å². The van der Waals surface area contributed by atoms with Gasteiger partial charge >= 0.3 is 6.18 Å². The lowest BCUT2D eigenvalue weighted by Gasteiger charge is -2.35. The third-order valence-electron chi connectivity index (χ3n) is 4.45. The molecule has 1 fully saturated rings. The summed E-state index contributed by atoms with van der Waals surface area (Å²) >= 11 is 0. The second kappa shape index (κ2) is 6.77. The summed E-state index contributed by atoms with van der Waals surface area (Å²) in [7, 11) is 0. The maximum atomic E-state index is 13.1. The molecule has 3 atom stereocenters. The number of rotatable bonds is 4. The van der Waals surface area contributed by atoms with Crippen molar-refractivity contribution >= 4 is 0 Å². The van der Waals surface area contributed by atoms with E-state index in [2.05, 4.69) is 4.98 Å². The van der Waals surface area contributed by atoms with Crippen LogP contribution in [0.2, 0.25) is 0 Å². The van der Waals surface area contributed by atoms with Crippen molar-refractivity contribution in [2.24, 2.45) is 11.8 Å². The van der Waals surface area contributed by atoms with Crippen LogP contribution in [0.5, 0.6) is 0 Å². The number of aryl methyl sites for hydroxylation is 1. The Kier molecular flexibility index (Phi) is 5.25. The van der Waals surface area contributed by atoms with Gasteiger partial charge < -0.3 is 5.11 Å². The van der Waals surface area contributed by atoms with Gasteiger partial charge in [-0.1, -0.05) is 25.8 Å². The first-order chi connectivity index (χ1) is 9.91. The standard InChI is InChI=1S/C16H22F3NO/c1-2-11-7-8-12(20-10-11)9-15(21)13-5-3-4-6-14(13)16(17,18)19/h7-8,10,13-15,21H,2-6,9H2,1H3. The van der Waals surface area contributed by atoms with Crippen molar-refractivity contribution in [3.63, 3.8) is 0 Å². The number of pyridine rings is 1. The number of hydrogen-bond acceptors (Lipinski definition) is 2. The maximum absolute atomic E-state index is 13.1. The van der Waals surface area contributed by atoms with Crippen molar-refractivity contribution in [2.75, 3.05) is 0 Å². The Labute approximate surface area is 123 Å². The molecule has 1 aromatic heterocycles. The van der Waals surface area contributed by atoms with Crippen LogP contribution in [-0.4, -0.2) is 22.4 Å². The lowest BCUT2D eigenvalue weighted by molar-refractivity contribution is -0.206. The van der Waals surface area contributed by atoms with Crippen LogP contribution < -0.4 is 0 Å². The lowest BCUT2D eigenvalue weighted by atomic mass is 9.75. The molecular weight excluding hydrogens is 279 g/mol. The van der Waals surface area contributed by atoms with Gasteiger partial charge in [-0.3, -0.25) is 4.98 Å². The van der Waals surface area contributed by atoms with Gasteiger partial charge in [0, 0.05) is 18.3 Å². The molecule has 1 saturated carbocycles. The third kappa shape index (κ3) is 4.19. The van der Waals surface area contributed by atoms with Crippen molar-refractivity contribution < 1.29 is 18.3 Å². The van der Waals surface area contributed by atoms with Crippen LogP contribution in [0, 0.1) is 11.8 Å². The number of aliphatic hydroxyl groups excluding tert-OH is 1. The highest BCUT2D eigenvalue weighted by Gasteiger charge is 2.47. The molecule has 1 aliphatic carbocycles. The molecule has 0 saturated heterocycles. The maximum Gasteiger partial charge on any atom is 0.392 e. The zero-order valence-corrected chi connectivity index (χ0v) is 12.2. The van der Waals surface area contributed by atoms with Crippen LogP contribution in [0.3, 0.4) is 0 Å². The molecule has 1 heterocycles. The van der Waals surface area contributed by atoms with E-state index in [1.807, 2.05) is 13.0 Å². The van der Waals surface area contributed by atoms with E-state index >= 15 is 0 Å². The van der Waals surface area contributed by atoms with E-state index in [0.29, 0.717) is 18.5 Å². The molecule has 0 amide bonds. The van der Waals surface area contributed by atoms with E-state index in [1.165, 1.54) is 0 Å². The van der Waals surface area contributed by atoms with E-state index in [-0.39, 0.29) is 12.8 Å². The zero-order chi connectivity index (χ0) is 15.5. The third-order valence-corrected chi connectivity index (χ3v) is 4.45. The molecule has 1 aromatic rings. The fourth-order valence-corrected chi connectivity index (χ4v) is 3.18. The molecule has 1 N–H and O–H groups in total. The smallest absolute Gasteiger partial charge is 0.392 e. The van der Waals surface area contributed by atoms with E-state index in [4.69, 9.17) is 0 Å². The normalized spacial score (nSPS) is 24.8. The fourth-order valence-electron chi connectivity index (χ4n) is 3.18. The predicted molar refractivity (Wildman–Crippen MR) is 74.8 cm³/mol. The van der Waals surface area contributed by atoms with Gasteiger partial charge in [-0.2, -0.15) is 13.2 Å². The molecule has 21 heavy (non-hydrogen) atoms. The number of alkyl halides is 3. The predicted octanol–water partition coefficient (Wildman–Crippen LogP) is 3.92. The Morgan fingerprint density at radius 3 is 2.57 bits per heavy atom. The van der Waals surface area contributed by atoms with Crippen molar-refractivity contribution in [3.8, 4) is 0 Å². The Balaban J connectivity index is 2.04. The fraction of sp³-hybridized carbons (Fsp3) is 0.688. The second-order valence-electron chi connectivity index (χ2n) is 5.88. The molecule has 5 heteroatoms. The van der Waals surface area contributed by atoms with E-state index in [9.17, 15) is 18.3 Å². The molecule has 118 valence electrons. The van der Waals surface area contributed by atoms with Crippen LogP contribution in [0.15, 0.2) is 18.3 Å². The van der Waals surface area contributed by atoms with Crippen molar-refractivity contribution in [1.82, 2.24) is 4.98 Å². The Morgan fingerprint density at radius 1 is 1.29 bits per heavy atom. The summed E-state index contributed by atoms with van der Waals surface area (Å²) in [5, 5.41) is 10.2. The van der Waals surface area contributed by atoms with E-state index in [0.717, 1.165) is 18.4 Å². The van der Waals surface area contributed by atoms with Gasteiger partial charge in [0.25, 0.3) is 0 Å². The average Bonchev–Trinajstić information content (AvgIpc) is 2.47. The number of aromatic nitrogens is 1. The van der Waals surface area contributed by atoms with Crippen LogP contribution in [-0.2, 0) is 12.8 Å². The molecule has 0 bridgehead atoms. The van der Waals surface area contributed by atoms with Gasteiger partial charge in [-0.25, -0.2) is 0 Å². The highest BCUT2D eigenvalue weighted by atomic mass is 19.4. The minimum absolute atomic E-state index is 0.132. The first kappa shape index (κ1) is 16.3. The minimum atomic E-state index is -4.22. The second-order valence-corrected chi connectivity index (χ2v) is 5.88. The van der Waals surface area contributed by atoms with Gasteiger partial charge in [-0.15, -0.1) is 0 Å². The first-order valence-corrected chi connectivity index (χ1v) is 7.60. The van der Waals surface area contributed by atoms with Crippen LogP contribution in [0.4, 0.5) is 13.2 Å². The highest BCUT2D eigenvalue weighted by Crippen LogP contribution is 2.43. The molecule has 0 aliphatic heterocycles. The summed E-state index contributed by atoms with van der Waals surface area (Å²) in [5.41, 5.74) is 1.74. The zero-order valence-electron chi connectivity index (χ0n) is 12.2. The van der Waals surface area contributed by atoms with Gasteiger partial charge in [0.05, 0.1) is 12.0 Å². The monoisotopic (exact) mass is 301 g/mol. The van der Waals surface area contributed by atoms with Gasteiger partial charge in [-0.05, 0) is 36.8 Å². The van der Waals surface area contributed by atoms with Crippen LogP contribution in [0.25, 0.3) is 0 Å². The molecule has 1 aliphatic rings. The summed E-state index contributed by atoms with van der Waals surface area (Å²) in [5.74, 6) is -2.08. The SMILES string of the molecule is CCc1ccc(CC(O)C2CCCCC2C(F)(F)F)nc1. The molecular formula is C16H22F3NO. The molecule has 0 spiro atoms.